The summed E-state index contributed by atoms with van der Waals surface area (Å²) in [5, 5.41) is 2.63. The summed E-state index contributed by atoms with van der Waals surface area (Å²) in [7, 11) is -2.94. The number of hydrogen-bond donors (Lipinski definition) is 2. The largest absolute Gasteiger partial charge is 0.355 e. The molecule has 0 fully saturated rings. The highest BCUT2D eigenvalue weighted by Crippen LogP contribution is 1.98. The third-order valence-corrected chi connectivity index (χ3v) is 3.64. The molecular weight excluding hydrogens is 248 g/mol. The average molecular weight is 268 g/mol. The Morgan fingerprint density at radius 2 is 2.12 bits per heavy atom. The van der Waals surface area contributed by atoms with Crippen molar-refractivity contribution >= 4 is 27.5 Å². The predicted octanol–water partition coefficient (Wildman–Crippen LogP) is -0.382. The van der Waals surface area contributed by atoms with Crippen molar-refractivity contribution in [3.05, 3.63) is 0 Å². The van der Waals surface area contributed by atoms with Crippen LogP contribution in [0.4, 0.5) is 0 Å². The number of thioether (sulfide) groups is 1. The van der Waals surface area contributed by atoms with Crippen LogP contribution < -0.4 is 11.1 Å². The molecule has 0 aliphatic heterocycles. The van der Waals surface area contributed by atoms with Crippen molar-refractivity contribution < 1.29 is 13.2 Å². The lowest BCUT2D eigenvalue weighted by atomic mass is 10.2. The summed E-state index contributed by atoms with van der Waals surface area (Å²) in [6.07, 6.45) is 4.20. The van der Waals surface area contributed by atoms with Crippen LogP contribution in [0.3, 0.4) is 0 Å². The summed E-state index contributed by atoms with van der Waals surface area (Å²) < 4.78 is 21.6. The summed E-state index contributed by atoms with van der Waals surface area (Å²) in [6, 6.07) is -0.495. The van der Waals surface area contributed by atoms with Gasteiger partial charge in [-0.3, -0.25) is 4.79 Å². The van der Waals surface area contributed by atoms with E-state index in [2.05, 4.69) is 5.32 Å². The second-order valence-corrected chi connectivity index (χ2v) is 6.91. The Hall–Kier alpha value is -0.270. The molecule has 0 saturated carbocycles. The number of nitrogens with one attached hydrogen (secondary N) is 1. The van der Waals surface area contributed by atoms with Gasteiger partial charge in [-0.05, 0) is 24.9 Å². The van der Waals surface area contributed by atoms with Crippen molar-refractivity contribution in [1.82, 2.24) is 5.32 Å². The van der Waals surface area contributed by atoms with Gasteiger partial charge in [0.2, 0.25) is 5.91 Å². The third-order valence-electron chi connectivity index (χ3n) is 1.96. The van der Waals surface area contributed by atoms with Gasteiger partial charge in [-0.2, -0.15) is 11.8 Å². The maximum absolute atomic E-state index is 11.4. The van der Waals surface area contributed by atoms with E-state index in [1.807, 2.05) is 6.26 Å². The molecule has 0 aliphatic carbocycles. The van der Waals surface area contributed by atoms with Crippen LogP contribution in [0, 0.1) is 0 Å². The molecule has 0 bridgehead atoms. The van der Waals surface area contributed by atoms with E-state index >= 15 is 0 Å². The fraction of sp³-hybridized carbons (Fsp3) is 0.889. The minimum absolute atomic E-state index is 0.0906. The van der Waals surface area contributed by atoms with Crippen LogP contribution in [0.25, 0.3) is 0 Å². The molecule has 0 rings (SSSR count). The standard InChI is InChI=1S/C9H20N2O3S2/c1-15-6-4-8(10)9(12)11-5-3-7-16(2,13)14/h8H,3-7,10H2,1-2H3,(H,11,12)/t8-/m0/s1. The van der Waals surface area contributed by atoms with Crippen molar-refractivity contribution in [1.29, 1.82) is 0 Å². The van der Waals surface area contributed by atoms with Crippen molar-refractivity contribution in [2.45, 2.75) is 18.9 Å². The highest BCUT2D eigenvalue weighted by Gasteiger charge is 2.12. The van der Waals surface area contributed by atoms with Gasteiger partial charge >= 0.3 is 0 Å². The molecule has 0 spiro atoms. The van der Waals surface area contributed by atoms with E-state index in [0.29, 0.717) is 19.4 Å². The Kier molecular flexibility index (Phi) is 7.78. The Morgan fingerprint density at radius 3 is 2.62 bits per heavy atom. The van der Waals surface area contributed by atoms with Gasteiger partial charge in [-0.25, -0.2) is 8.42 Å². The van der Waals surface area contributed by atoms with Crippen molar-refractivity contribution in [3.63, 3.8) is 0 Å². The Balaban J connectivity index is 3.65. The van der Waals surface area contributed by atoms with E-state index in [9.17, 15) is 13.2 Å². The van der Waals surface area contributed by atoms with Gasteiger partial charge in [0.1, 0.15) is 9.84 Å². The van der Waals surface area contributed by atoms with Crippen molar-refractivity contribution in [2.24, 2.45) is 5.73 Å². The summed E-state index contributed by atoms with van der Waals surface area (Å²) in [5.74, 6) is 0.730. The Bertz CT molecular complexity index is 304. The number of hydrogen-bond acceptors (Lipinski definition) is 5. The molecule has 16 heavy (non-hydrogen) atoms. The molecule has 0 aromatic rings. The zero-order valence-electron chi connectivity index (χ0n) is 9.73. The first-order valence-corrected chi connectivity index (χ1v) is 8.52. The summed E-state index contributed by atoms with van der Waals surface area (Å²) in [6.45, 7) is 0.360. The van der Waals surface area contributed by atoms with E-state index < -0.39 is 15.9 Å². The molecule has 0 saturated heterocycles. The van der Waals surface area contributed by atoms with Gasteiger partial charge in [0.05, 0.1) is 11.8 Å². The normalized spacial score (nSPS) is 13.4. The quantitative estimate of drug-likeness (QED) is 0.586. The number of sulfone groups is 1. The van der Waals surface area contributed by atoms with Crippen molar-refractivity contribution in [2.75, 3.05) is 30.6 Å². The molecule has 96 valence electrons. The Morgan fingerprint density at radius 1 is 1.50 bits per heavy atom. The van der Waals surface area contributed by atoms with Gasteiger partial charge in [0.25, 0.3) is 0 Å². The van der Waals surface area contributed by atoms with Gasteiger partial charge in [-0.15, -0.1) is 0 Å². The lowest BCUT2D eigenvalue weighted by Crippen LogP contribution is -2.41. The first-order valence-electron chi connectivity index (χ1n) is 5.07. The number of carbonyl (C=O) groups is 1. The molecule has 0 radical (unpaired) electrons. The zero-order valence-corrected chi connectivity index (χ0v) is 11.4. The highest BCUT2D eigenvalue weighted by molar-refractivity contribution is 7.98. The molecule has 0 aromatic heterocycles. The number of carbonyl (C=O) groups excluding carboxylic acids is 1. The Labute approximate surface area is 101 Å². The van der Waals surface area contributed by atoms with Crippen LogP contribution in [0.1, 0.15) is 12.8 Å². The fourth-order valence-corrected chi connectivity index (χ4v) is 2.21. The molecule has 5 nitrogen and oxygen atoms in total. The molecule has 0 aromatic carbocycles. The SMILES string of the molecule is CSCC[C@H](N)C(=O)NCCCS(C)(=O)=O. The second-order valence-electron chi connectivity index (χ2n) is 3.66. The van der Waals surface area contributed by atoms with E-state index in [0.717, 1.165) is 5.75 Å². The van der Waals surface area contributed by atoms with Gasteiger partial charge < -0.3 is 11.1 Å². The van der Waals surface area contributed by atoms with E-state index in [1.165, 1.54) is 6.26 Å². The summed E-state index contributed by atoms with van der Waals surface area (Å²) in [5.41, 5.74) is 5.63. The number of amides is 1. The van der Waals surface area contributed by atoms with Gasteiger partial charge in [0, 0.05) is 12.8 Å². The lowest BCUT2D eigenvalue weighted by molar-refractivity contribution is -0.122. The maximum Gasteiger partial charge on any atom is 0.236 e. The molecule has 0 heterocycles. The monoisotopic (exact) mass is 268 g/mol. The maximum atomic E-state index is 11.4. The van der Waals surface area contributed by atoms with Crippen LogP contribution in [0.5, 0.6) is 0 Å². The van der Waals surface area contributed by atoms with Crippen LogP contribution in [-0.4, -0.2) is 50.9 Å². The average Bonchev–Trinajstić information content (AvgIpc) is 2.19. The minimum Gasteiger partial charge on any atom is -0.355 e. The summed E-state index contributed by atoms with van der Waals surface area (Å²) in [4.78, 5) is 11.4. The first kappa shape index (κ1) is 15.7. The summed E-state index contributed by atoms with van der Waals surface area (Å²) >= 11 is 1.64. The lowest BCUT2D eigenvalue weighted by Gasteiger charge is -2.11. The van der Waals surface area contributed by atoms with Crippen molar-refractivity contribution in [3.8, 4) is 0 Å². The minimum atomic E-state index is -2.94. The number of rotatable bonds is 8. The van der Waals surface area contributed by atoms with E-state index in [1.54, 1.807) is 11.8 Å². The molecule has 1 atom stereocenters. The second kappa shape index (κ2) is 7.92. The number of nitrogens with two attached hydrogens (primary N) is 1. The van der Waals surface area contributed by atoms with Gasteiger partial charge in [-0.1, -0.05) is 0 Å². The molecule has 1 amide bonds. The molecule has 0 unspecified atom stereocenters. The fourth-order valence-electron chi connectivity index (χ4n) is 1.05. The predicted molar refractivity (Wildman–Crippen MR) is 68.3 cm³/mol. The van der Waals surface area contributed by atoms with E-state index in [4.69, 9.17) is 5.73 Å². The van der Waals surface area contributed by atoms with Crippen LogP contribution in [0.2, 0.25) is 0 Å². The third kappa shape index (κ3) is 8.99. The zero-order chi connectivity index (χ0) is 12.6. The van der Waals surface area contributed by atoms with Crippen LogP contribution >= 0.6 is 11.8 Å². The topological polar surface area (TPSA) is 89.3 Å². The smallest absolute Gasteiger partial charge is 0.236 e. The molecule has 7 heteroatoms. The highest BCUT2D eigenvalue weighted by atomic mass is 32.2. The molecule has 3 N–H and O–H groups in total. The molecular formula is C9H20N2O3S2. The first-order chi connectivity index (χ1) is 7.37. The molecule has 0 aliphatic rings. The van der Waals surface area contributed by atoms with Crippen LogP contribution in [0.15, 0.2) is 0 Å². The van der Waals surface area contributed by atoms with E-state index in [-0.39, 0.29) is 11.7 Å². The van der Waals surface area contributed by atoms with Crippen LogP contribution in [-0.2, 0) is 14.6 Å². The van der Waals surface area contributed by atoms with Gasteiger partial charge in [0.15, 0.2) is 0 Å².